The number of benzene rings is 2. The van der Waals surface area contributed by atoms with Crippen molar-refractivity contribution >= 4 is 46.0 Å². The minimum absolute atomic E-state index is 0.0160. The molecule has 0 radical (unpaired) electrons. The van der Waals surface area contributed by atoms with Crippen LogP contribution in [0.15, 0.2) is 36.7 Å². The summed E-state index contributed by atoms with van der Waals surface area (Å²) in [6, 6.07) is 8.18. The maximum Gasteiger partial charge on any atom is 0.173 e. The molecule has 0 unspecified atom stereocenters. The van der Waals surface area contributed by atoms with Crippen molar-refractivity contribution < 1.29 is 13.9 Å². The van der Waals surface area contributed by atoms with Crippen LogP contribution in [0.4, 0.5) is 38.8 Å². The van der Waals surface area contributed by atoms with Crippen LogP contribution in [-0.4, -0.2) is 63.3 Å². The third kappa shape index (κ3) is 6.09. The third-order valence-corrected chi connectivity index (χ3v) is 5.33. The molecule has 9 nitrogen and oxygen atoms in total. The van der Waals surface area contributed by atoms with Crippen LogP contribution in [-0.2, 0) is 0 Å². The van der Waals surface area contributed by atoms with Crippen molar-refractivity contribution in [1.29, 1.82) is 0 Å². The number of ether oxygens (including phenoxy) is 2. The fourth-order valence-corrected chi connectivity index (χ4v) is 3.55. The topological polar surface area (TPSA) is 101 Å². The molecule has 1 heterocycles. The van der Waals surface area contributed by atoms with Crippen LogP contribution in [0, 0.1) is 5.82 Å². The number of likely N-dealkylation sites (N-methyl/N-ethyl adjacent to an activating group) is 2. The van der Waals surface area contributed by atoms with Crippen molar-refractivity contribution in [3.05, 3.63) is 47.5 Å². The molecule has 34 heavy (non-hydrogen) atoms. The average Bonchev–Trinajstić information content (AvgIpc) is 2.77. The highest BCUT2D eigenvalue weighted by Gasteiger charge is 2.14. The van der Waals surface area contributed by atoms with Gasteiger partial charge in [-0.3, -0.25) is 0 Å². The number of nitrogens with two attached hydrogens (primary N) is 1. The summed E-state index contributed by atoms with van der Waals surface area (Å²) in [4.78, 5) is 12.6. The van der Waals surface area contributed by atoms with E-state index < -0.39 is 5.82 Å². The molecule has 0 fully saturated rings. The molecule has 0 aliphatic rings. The zero-order valence-electron chi connectivity index (χ0n) is 19.8. The summed E-state index contributed by atoms with van der Waals surface area (Å²) in [6.45, 7) is 1.70. The molecule has 3 aromatic rings. The van der Waals surface area contributed by atoms with Gasteiger partial charge in [-0.2, -0.15) is 0 Å². The predicted octanol–water partition coefficient (Wildman–Crippen LogP) is 4.35. The second-order valence-corrected chi connectivity index (χ2v) is 8.25. The molecule has 1 aromatic heterocycles. The molecule has 0 bridgehead atoms. The molecule has 0 saturated carbocycles. The van der Waals surface area contributed by atoms with Gasteiger partial charge >= 0.3 is 0 Å². The Bertz CT molecular complexity index is 1120. The van der Waals surface area contributed by atoms with Crippen molar-refractivity contribution in [1.82, 2.24) is 14.9 Å². The van der Waals surface area contributed by atoms with Gasteiger partial charge in [0.05, 0.1) is 36.3 Å². The Morgan fingerprint density at radius 1 is 0.971 bits per heavy atom. The summed E-state index contributed by atoms with van der Waals surface area (Å²) in [5.41, 5.74) is 8.86. The molecule has 0 amide bonds. The highest BCUT2D eigenvalue weighted by Crippen LogP contribution is 2.37. The summed E-state index contributed by atoms with van der Waals surface area (Å²) in [5.74, 6) is 0.936. The summed E-state index contributed by atoms with van der Waals surface area (Å²) in [6.07, 6.45) is 1.38. The van der Waals surface area contributed by atoms with E-state index in [1.165, 1.54) is 19.5 Å². The first-order chi connectivity index (χ1) is 16.2. The lowest BCUT2D eigenvalue weighted by Gasteiger charge is -2.24. The van der Waals surface area contributed by atoms with E-state index >= 15 is 0 Å². The van der Waals surface area contributed by atoms with Gasteiger partial charge in [0.2, 0.25) is 0 Å². The van der Waals surface area contributed by atoms with Crippen molar-refractivity contribution in [3.8, 4) is 11.5 Å². The van der Waals surface area contributed by atoms with Gasteiger partial charge in [-0.1, -0.05) is 11.6 Å². The molecule has 11 heteroatoms. The second-order valence-electron chi connectivity index (χ2n) is 7.85. The maximum absolute atomic E-state index is 14.2. The number of hydrogen-bond acceptors (Lipinski definition) is 9. The molecular weight excluding hydrogens is 461 g/mol. The van der Waals surface area contributed by atoms with E-state index in [-0.39, 0.29) is 10.8 Å². The number of halogens is 2. The Hall–Kier alpha value is -3.50. The molecule has 3 rings (SSSR count). The first-order valence-corrected chi connectivity index (χ1v) is 10.8. The van der Waals surface area contributed by atoms with Crippen LogP contribution in [0.25, 0.3) is 0 Å². The minimum atomic E-state index is -0.583. The molecular formula is C23H29ClFN7O2. The van der Waals surface area contributed by atoms with Crippen molar-refractivity contribution in [2.24, 2.45) is 0 Å². The van der Waals surface area contributed by atoms with Crippen molar-refractivity contribution in [2.75, 3.05) is 69.7 Å². The molecule has 2 aromatic carbocycles. The number of hydrogen-bond donors (Lipinski definition) is 3. The molecule has 0 saturated heterocycles. The first-order valence-electron chi connectivity index (χ1n) is 10.4. The number of nitrogens with one attached hydrogen (secondary N) is 2. The highest BCUT2D eigenvalue weighted by atomic mass is 35.5. The lowest BCUT2D eigenvalue weighted by Crippen LogP contribution is -2.29. The SMILES string of the molecule is COc1cc(N(C)CCN(C)C)c(N)cc1Nc1cc(Nc2cc(F)c(OC)c(Cl)c2)ncn1. The van der Waals surface area contributed by atoms with E-state index in [4.69, 9.17) is 26.8 Å². The summed E-state index contributed by atoms with van der Waals surface area (Å²) < 4.78 is 24.7. The standard InChI is InChI=1S/C23H29ClFN7O2/c1-31(2)6-7-32(3)19-11-20(33-4)18(10-17(19)26)30-22-12-21(27-13-28-22)29-14-8-15(24)23(34-5)16(25)9-14/h8-13H,6-7,26H2,1-5H3,(H2,27,28,29,30). The molecule has 182 valence electrons. The van der Waals surface area contributed by atoms with Crippen LogP contribution >= 0.6 is 11.6 Å². The molecule has 0 spiro atoms. The smallest absolute Gasteiger partial charge is 0.173 e. The van der Waals surface area contributed by atoms with Gasteiger partial charge in [-0.25, -0.2) is 14.4 Å². The van der Waals surface area contributed by atoms with Crippen LogP contribution in [0.2, 0.25) is 5.02 Å². The Labute approximate surface area is 203 Å². The van der Waals surface area contributed by atoms with E-state index in [2.05, 4.69) is 30.4 Å². The van der Waals surface area contributed by atoms with Crippen molar-refractivity contribution in [3.63, 3.8) is 0 Å². The molecule has 0 aliphatic carbocycles. The lowest BCUT2D eigenvalue weighted by molar-refractivity contribution is 0.387. The Kier molecular flexibility index (Phi) is 8.19. The van der Waals surface area contributed by atoms with Gasteiger partial charge in [-0.15, -0.1) is 0 Å². The molecule has 0 aliphatic heterocycles. The lowest BCUT2D eigenvalue weighted by atomic mass is 10.2. The van der Waals surface area contributed by atoms with E-state index in [1.54, 1.807) is 25.3 Å². The molecule has 4 N–H and O–H groups in total. The van der Waals surface area contributed by atoms with Gasteiger partial charge in [0.15, 0.2) is 11.6 Å². The van der Waals surface area contributed by atoms with E-state index in [9.17, 15) is 4.39 Å². The van der Waals surface area contributed by atoms with Crippen LogP contribution in [0.5, 0.6) is 11.5 Å². The monoisotopic (exact) mass is 489 g/mol. The largest absolute Gasteiger partial charge is 0.494 e. The van der Waals surface area contributed by atoms with Gasteiger partial charge in [0.1, 0.15) is 23.7 Å². The van der Waals surface area contributed by atoms with Gasteiger partial charge in [-0.05, 0) is 26.2 Å². The Morgan fingerprint density at radius 2 is 1.68 bits per heavy atom. The quantitative estimate of drug-likeness (QED) is 0.359. The number of nitrogen functional groups attached to an aromatic ring is 1. The fourth-order valence-electron chi connectivity index (χ4n) is 3.26. The Balaban J connectivity index is 1.81. The van der Waals surface area contributed by atoms with Crippen LogP contribution in [0.3, 0.4) is 0 Å². The van der Waals surface area contributed by atoms with Gasteiger partial charge in [0.25, 0.3) is 0 Å². The summed E-state index contributed by atoms with van der Waals surface area (Å²) >= 11 is 6.08. The van der Waals surface area contributed by atoms with E-state index in [0.29, 0.717) is 34.4 Å². The van der Waals surface area contributed by atoms with Gasteiger partial charge in [0, 0.05) is 44.0 Å². The minimum Gasteiger partial charge on any atom is -0.494 e. The van der Waals surface area contributed by atoms with E-state index in [1.807, 2.05) is 27.2 Å². The first kappa shape index (κ1) is 25.1. The highest BCUT2D eigenvalue weighted by molar-refractivity contribution is 6.32. The zero-order chi connectivity index (χ0) is 24.8. The maximum atomic E-state index is 14.2. The molecule has 0 atom stereocenters. The zero-order valence-corrected chi connectivity index (χ0v) is 20.6. The number of anilines is 6. The summed E-state index contributed by atoms with van der Waals surface area (Å²) in [5, 5.41) is 6.36. The van der Waals surface area contributed by atoms with Crippen LogP contribution < -0.4 is 30.7 Å². The Morgan fingerprint density at radius 3 is 2.29 bits per heavy atom. The number of methoxy groups -OCH3 is 2. The normalized spacial score (nSPS) is 10.8. The average molecular weight is 490 g/mol. The predicted molar refractivity (Wildman–Crippen MR) is 136 cm³/mol. The number of nitrogens with zero attached hydrogens (tertiary/aromatic N) is 4. The van der Waals surface area contributed by atoms with E-state index in [0.717, 1.165) is 18.8 Å². The number of rotatable bonds is 10. The number of aromatic nitrogens is 2. The van der Waals surface area contributed by atoms with Gasteiger partial charge < -0.3 is 35.6 Å². The summed E-state index contributed by atoms with van der Waals surface area (Å²) in [7, 11) is 8.98. The van der Waals surface area contributed by atoms with Crippen LogP contribution in [0.1, 0.15) is 0 Å². The van der Waals surface area contributed by atoms with Crippen molar-refractivity contribution in [2.45, 2.75) is 0 Å². The second kappa shape index (κ2) is 11.1. The fraction of sp³-hybridized carbons (Fsp3) is 0.304. The third-order valence-electron chi connectivity index (χ3n) is 5.05.